The van der Waals surface area contributed by atoms with Crippen molar-refractivity contribution < 1.29 is 5.11 Å². The molecule has 0 saturated carbocycles. The molecular weight excluding hydrogens is 250 g/mol. The van der Waals surface area contributed by atoms with Gasteiger partial charge in [-0.1, -0.05) is 41.9 Å². The highest BCUT2D eigenvalue weighted by molar-refractivity contribution is 6.30. The summed E-state index contributed by atoms with van der Waals surface area (Å²) in [5.74, 6) is 0.464. The van der Waals surface area contributed by atoms with Crippen LogP contribution in [-0.4, -0.2) is 27.7 Å². The summed E-state index contributed by atoms with van der Waals surface area (Å²) in [4.78, 5) is 7.98. The van der Waals surface area contributed by atoms with Crippen molar-refractivity contribution >= 4 is 17.5 Å². The van der Waals surface area contributed by atoms with Gasteiger partial charge in [0.25, 0.3) is 0 Å². The van der Waals surface area contributed by atoms with E-state index in [1.807, 2.05) is 30.3 Å². The Morgan fingerprint density at radius 3 is 2.50 bits per heavy atom. The maximum absolute atomic E-state index is 9.87. The number of nitrogens with zero attached hydrogens (tertiary/aromatic N) is 2. The van der Waals surface area contributed by atoms with Crippen LogP contribution < -0.4 is 5.32 Å². The van der Waals surface area contributed by atoms with Crippen LogP contribution >= 0.6 is 11.6 Å². The number of nitrogens with one attached hydrogen (secondary N) is 1. The summed E-state index contributed by atoms with van der Waals surface area (Å²) in [6.07, 6.45) is 3.15. The lowest BCUT2D eigenvalue weighted by molar-refractivity contribution is 0.188. The maximum Gasteiger partial charge on any atom is 0.222 e. The Labute approximate surface area is 111 Å². The molecule has 2 rings (SSSR count). The number of hydrogen-bond donors (Lipinski definition) is 2. The molecule has 0 radical (unpaired) electrons. The molecule has 4 nitrogen and oxygen atoms in total. The lowest BCUT2D eigenvalue weighted by Crippen LogP contribution is -2.22. The molecule has 0 fully saturated rings. The molecule has 1 atom stereocenters. The van der Waals surface area contributed by atoms with Gasteiger partial charge in [-0.3, -0.25) is 0 Å². The van der Waals surface area contributed by atoms with Crippen LogP contribution in [0.1, 0.15) is 5.56 Å². The second-order valence-corrected chi connectivity index (χ2v) is 4.39. The second-order valence-electron chi connectivity index (χ2n) is 3.95. The smallest absolute Gasteiger partial charge is 0.222 e. The van der Waals surface area contributed by atoms with E-state index in [2.05, 4.69) is 15.3 Å². The van der Waals surface area contributed by atoms with E-state index in [0.29, 0.717) is 23.9 Å². The fourth-order valence-electron chi connectivity index (χ4n) is 1.57. The van der Waals surface area contributed by atoms with Gasteiger partial charge < -0.3 is 10.4 Å². The Kier molecular flexibility index (Phi) is 4.50. The summed E-state index contributed by atoms with van der Waals surface area (Å²) in [6, 6.07) is 9.84. The topological polar surface area (TPSA) is 58.0 Å². The number of benzene rings is 1. The minimum atomic E-state index is -0.480. The Bertz CT molecular complexity index is 475. The first-order valence-electron chi connectivity index (χ1n) is 5.67. The molecule has 2 N–H and O–H groups in total. The Hall–Kier alpha value is -1.65. The molecule has 1 unspecified atom stereocenters. The quantitative estimate of drug-likeness (QED) is 0.868. The largest absolute Gasteiger partial charge is 0.391 e. The second kappa shape index (κ2) is 6.33. The van der Waals surface area contributed by atoms with Gasteiger partial charge in [0.2, 0.25) is 5.95 Å². The van der Waals surface area contributed by atoms with E-state index < -0.39 is 6.10 Å². The zero-order valence-corrected chi connectivity index (χ0v) is 10.5. The fraction of sp³-hybridized carbons (Fsp3) is 0.231. The van der Waals surface area contributed by atoms with Crippen LogP contribution in [0.5, 0.6) is 0 Å². The minimum Gasteiger partial charge on any atom is -0.391 e. The van der Waals surface area contributed by atoms with Gasteiger partial charge in [0.15, 0.2) is 0 Å². The van der Waals surface area contributed by atoms with E-state index >= 15 is 0 Å². The Balaban J connectivity index is 1.81. The van der Waals surface area contributed by atoms with Crippen LogP contribution in [0.25, 0.3) is 0 Å². The molecule has 94 valence electrons. The summed E-state index contributed by atoms with van der Waals surface area (Å²) in [7, 11) is 0. The molecule has 2 aromatic rings. The van der Waals surface area contributed by atoms with Gasteiger partial charge >= 0.3 is 0 Å². The SMILES string of the molecule is OC(CNc1ncc(Cl)cn1)Cc1ccccc1. The Morgan fingerprint density at radius 2 is 1.83 bits per heavy atom. The maximum atomic E-state index is 9.87. The van der Waals surface area contributed by atoms with Gasteiger partial charge in [-0.15, -0.1) is 0 Å². The van der Waals surface area contributed by atoms with Crippen LogP contribution in [0.3, 0.4) is 0 Å². The minimum absolute atomic E-state index is 0.399. The standard InChI is InChI=1S/C13H14ClN3O/c14-11-7-15-13(16-8-11)17-9-12(18)6-10-4-2-1-3-5-10/h1-5,7-8,12,18H,6,9H2,(H,15,16,17). The fourth-order valence-corrected chi connectivity index (χ4v) is 1.67. The van der Waals surface area contributed by atoms with Crippen molar-refractivity contribution in [1.29, 1.82) is 0 Å². The monoisotopic (exact) mass is 263 g/mol. The van der Waals surface area contributed by atoms with Gasteiger partial charge in [-0.05, 0) is 5.56 Å². The van der Waals surface area contributed by atoms with Crippen LogP contribution in [0.4, 0.5) is 5.95 Å². The van der Waals surface area contributed by atoms with Gasteiger partial charge in [0.05, 0.1) is 23.5 Å². The summed E-state index contributed by atoms with van der Waals surface area (Å²) < 4.78 is 0. The number of hydrogen-bond acceptors (Lipinski definition) is 4. The van der Waals surface area contributed by atoms with Crippen LogP contribution in [0, 0.1) is 0 Å². The molecule has 5 heteroatoms. The van der Waals surface area contributed by atoms with E-state index in [1.165, 1.54) is 12.4 Å². The van der Waals surface area contributed by atoms with E-state index in [0.717, 1.165) is 5.56 Å². The molecule has 0 aliphatic rings. The van der Waals surface area contributed by atoms with Crippen LogP contribution in [-0.2, 0) is 6.42 Å². The third-order valence-electron chi connectivity index (χ3n) is 2.43. The summed E-state index contributed by atoms with van der Waals surface area (Å²) >= 11 is 5.68. The summed E-state index contributed by atoms with van der Waals surface area (Å²) in [5.41, 5.74) is 1.10. The number of aromatic nitrogens is 2. The first kappa shape index (κ1) is 12.8. The van der Waals surface area contributed by atoms with Crippen LogP contribution in [0.2, 0.25) is 5.02 Å². The van der Waals surface area contributed by atoms with Crippen molar-refractivity contribution in [3.63, 3.8) is 0 Å². The van der Waals surface area contributed by atoms with Crippen molar-refractivity contribution in [2.24, 2.45) is 0 Å². The summed E-state index contributed by atoms with van der Waals surface area (Å²) in [6.45, 7) is 0.399. The molecular formula is C13H14ClN3O. The van der Waals surface area contributed by atoms with E-state index in [9.17, 15) is 5.11 Å². The predicted molar refractivity (Wildman–Crippen MR) is 71.7 cm³/mol. The Morgan fingerprint density at radius 1 is 1.17 bits per heavy atom. The average Bonchev–Trinajstić information content (AvgIpc) is 2.39. The molecule has 0 aliphatic carbocycles. The van der Waals surface area contributed by atoms with E-state index in [4.69, 9.17) is 11.6 Å². The normalized spacial score (nSPS) is 12.1. The highest BCUT2D eigenvalue weighted by Crippen LogP contribution is 2.07. The average molecular weight is 264 g/mol. The van der Waals surface area contributed by atoms with Gasteiger partial charge in [0.1, 0.15) is 0 Å². The lowest BCUT2D eigenvalue weighted by Gasteiger charge is -2.11. The van der Waals surface area contributed by atoms with Crippen molar-refractivity contribution in [2.45, 2.75) is 12.5 Å². The van der Waals surface area contributed by atoms with Gasteiger partial charge in [-0.25, -0.2) is 9.97 Å². The van der Waals surface area contributed by atoms with E-state index in [-0.39, 0.29) is 0 Å². The molecule has 0 saturated heterocycles. The van der Waals surface area contributed by atoms with Crippen molar-refractivity contribution in [3.05, 3.63) is 53.3 Å². The zero-order valence-electron chi connectivity index (χ0n) is 9.75. The van der Waals surface area contributed by atoms with Crippen molar-refractivity contribution in [1.82, 2.24) is 9.97 Å². The first-order valence-corrected chi connectivity index (χ1v) is 6.05. The number of halogens is 1. The molecule has 0 spiro atoms. The van der Waals surface area contributed by atoms with Gasteiger partial charge in [0, 0.05) is 13.0 Å². The molecule has 1 aromatic heterocycles. The van der Waals surface area contributed by atoms with Crippen molar-refractivity contribution in [2.75, 3.05) is 11.9 Å². The molecule has 1 aromatic carbocycles. The first-order chi connectivity index (χ1) is 8.74. The zero-order chi connectivity index (χ0) is 12.8. The van der Waals surface area contributed by atoms with Crippen molar-refractivity contribution in [3.8, 4) is 0 Å². The molecule has 0 amide bonds. The molecule has 1 heterocycles. The van der Waals surface area contributed by atoms with Crippen LogP contribution in [0.15, 0.2) is 42.7 Å². The summed E-state index contributed by atoms with van der Waals surface area (Å²) in [5, 5.41) is 13.3. The lowest BCUT2D eigenvalue weighted by atomic mass is 10.1. The third-order valence-corrected chi connectivity index (χ3v) is 2.63. The highest BCUT2D eigenvalue weighted by Gasteiger charge is 2.06. The third kappa shape index (κ3) is 3.98. The number of anilines is 1. The molecule has 0 bridgehead atoms. The number of rotatable bonds is 5. The predicted octanol–water partition coefficient (Wildman–Crippen LogP) is 2.15. The molecule has 0 aliphatic heterocycles. The highest BCUT2D eigenvalue weighted by atomic mass is 35.5. The molecule has 18 heavy (non-hydrogen) atoms. The van der Waals surface area contributed by atoms with Gasteiger partial charge in [-0.2, -0.15) is 0 Å². The number of aliphatic hydroxyl groups excluding tert-OH is 1. The number of aliphatic hydroxyl groups is 1. The van der Waals surface area contributed by atoms with E-state index in [1.54, 1.807) is 0 Å².